The number of anilines is 2. The molecule has 0 saturated carbocycles. The summed E-state index contributed by atoms with van der Waals surface area (Å²) in [5.74, 6) is 0. The van der Waals surface area contributed by atoms with Gasteiger partial charge in [-0.25, -0.2) is 4.98 Å². The lowest BCUT2D eigenvalue weighted by atomic mass is 10.0. The van der Waals surface area contributed by atoms with Crippen LogP contribution in [0, 0.1) is 11.3 Å². The van der Waals surface area contributed by atoms with Crippen LogP contribution >= 0.6 is 0 Å². The third-order valence-electron chi connectivity index (χ3n) is 2.26. The first-order valence-corrected chi connectivity index (χ1v) is 4.72. The van der Waals surface area contributed by atoms with E-state index in [4.69, 9.17) is 16.7 Å². The van der Waals surface area contributed by atoms with Crippen molar-refractivity contribution in [1.29, 1.82) is 5.26 Å². The first-order chi connectivity index (χ1) is 7.70. The first-order valence-electron chi connectivity index (χ1n) is 4.72. The minimum Gasteiger partial charge on any atom is -0.399 e. The molecule has 0 atom stereocenters. The smallest absolute Gasteiger partial charge is 0.141 e. The maximum atomic E-state index is 8.76. The summed E-state index contributed by atoms with van der Waals surface area (Å²) in [4.78, 5) is 3.90. The molecule has 0 saturated heterocycles. The molecular formula is C12H10N4. The van der Waals surface area contributed by atoms with Gasteiger partial charge in [-0.3, -0.25) is 0 Å². The number of nitrogens with two attached hydrogens (primary N) is 2. The van der Waals surface area contributed by atoms with Gasteiger partial charge in [-0.05, 0) is 35.9 Å². The number of benzene rings is 1. The maximum absolute atomic E-state index is 8.76. The van der Waals surface area contributed by atoms with Crippen molar-refractivity contribution in [2.45, 2.75) is 0 Å². The Balaban J connectivity index is 2.58. The summed E-state index contributed by atoms with van der Waals surface area (Å²) in [7, 11) is 0. The van der Waals surface area contributed by atoms with Crippen LogP contribution in [0.2, 0.25) is 0 Å². The van der Waals surface area contributed by atoms with Gasteiger partial charge in [0.25, 0.3) is 0 Å². The standard InChI is InChI=1S/C12H10N4/c13-7-10-5-8(3-4-16-10)11-6-9(14)1-2-12(11)15/h1-6H,14-15H2. The molecule has 4 nitrogen and oxygen atoms in total. The molecule has 0 amide bonds. The van der Waals surface area contributed by atoms with E-state index >= 15 is 0 Å². The number of hydrogen-bond donors (Lipinski definition) is 2. The summed E-state index contributed by atoms with van der Waals surface area (Å²) < 4.78 is 0. The average Bonchev–Trinajstić information content (AvgIpc) is 2.32. The quantitative estimate of drug-likeness (QED) is 0.702. The monoisotopic (exact) mass is 210 g/mol. The molecule has 0 aliphatic heterocycles. The molecule has 2 rings (SSSR count). The summed E-state index contributed by atoms with van der Waals surface area (Å²) in [6.07, 6.45) is 1.58. The Morgan fingerprint density at radius 3 is 2.69 bits per heavy atom. The normalized spacial score (nSPS) is 9.69. The van der Waals surface area contributed by atoms with Crippen molar-refractivity contribution in [3.63, 3.8) is 0 Å². The zero-order valence-electron chi connectivity index (χ0n) is 8.51. The van der Waals surface area contributed by atoms with Gasteiger partial charge < -0.3 is 11.5 Å². The van der Waals surface area contributed by atoms with Crippen molar-refractivity contribution < 1.29 is 0 Å². The Hall–Kier alpha value is -2.54. The van der Waals surface area contributed by atoms with E-state index in [0.29, 0.717) is 17.1 Å². The van der Waals surface area contributed by atoms with Crippen molar-refractivity contribution in [2.24, 2.45) is 0 Å². The van der Waals surface area contributed by atoms with Crippen LogP contribution in [0.1, 0.15) is 5.69 Å². The number of rotatable bonds is 1. The highest BCUT2D eigenvalue weighted by Crippen LogP contribution is 2.27. The minimum atomic E-state index is 0.360. The van der Waals surface area contributed by atoms with Crippen molar-refractivity contribution in [3.8, 4) is 17.2 Å². The first kappa shape index (κ1) is 9.99. The van der Waals surface area contributed by atoms with Gasteiger partial charge in [-0.1, -0.05) is 0 Å². The number of aromatic nitrogens is 1. The van der Waals surface area contributed by atoms with Crippen LogP contribution in [-0.2, 0) is 0 Å². The number of nitrogen functional groups attached to an aromatic ring is 2. The lowest BCUT2D eigenvalue weighted by Gasteiger charge is -2.06. The van der Waals surface area contributed by atoms with Gasteiger partial charge in [0.1, 0.15) is 11.8 Å². The topological polar surface area (TPSA) is 88.7 Å². The third kappa shape index (κ3) is 1.79. The number of hydrogen-bond acceptors (Lipinski definition) is 4. The molecule has 0 radical (unpaired) electrons. The lowest BCUT2D eigenvalue weighted by molar-refractivity contribution is 1.26. The Morgan fingerprint density at radius 2 is 1.94 bits per heavy atom. The highest BCUT2D eigenvalue weighted by molar-refractivity contribution is 5.79. The third-order valence-corrected chi connectivity index (χ3v) is 2.26. The summed E-state index contributed by atoms with van der Waals surface area (Å²) in [5, 5.41) is 8.76. The van der Waals surface area contributed by atoms with Crippen LogP contribution in [0.5, 0.6) is 0 Å². The van der Waals surface area contributed by atoms with Crippen molar-refractivity contribution in [1.82, 2.24) is 4.98 Å². The van der Waals surface area contributed by atoms with E-state index < -0.39 is 0 Å². The summed E-state index contributed by atoms with van der Waals surface area (Å²) >= 11 is 0. The fourth-order valence-corrected chi connectivity index (χ4v) is 1.48. The highest BCUT2D eigenvalue weighted by Gasteiger charge is 2.04. The van der Waals surface area contributed by atoms with E-state index in [1.165, 1.54) is 0 Å². The van der Waals surface area contributed by atoms with E-state index in [9.17, 15) is 0 Å². The van der Waals surface area contributed by atoms with E-state index in [1.54, 1.807) is 36.5 Å². The Labute approximate surface area is 93.1 Å². The Bertz CT molecular complexity index is 569. The highest BCUT2D eigenvalue weighted by atomic mass is 14.7. The van der Waals surface area contributed by atoms with Crippen LogP contribution < -0.4 is 11.5 Å². The molecule has 0 fully saturated rings. The van der Waals surface area contributed by atoms with E-state index in [0.717, 1.165) is 11.1 Å². The fraction of sp³-hybridized carbons (Fsp3) is 0. The molecule has 0 unspecified atom stereocenters. The predicted octanol–water partition coefficient (Wildman–Crippen LogP) is 1.78. The van der Waals surface area contributed by atoms with Gasteiger partial charge in [0.2, 0.25) is 0 Å². The zero-order chi connectivity index (χ0) is 11.5. The minimum absolute atomic E-state index is 0.360. The number of pyridine rings is 1. The van der Waals surface area contributed by atoms with Crippen LogP contribution in [0.3, 0.4) is 0 Å². The molecule has 0 bridgehead atoms. The molecule has 0 spiro atoms. The van der Waals surface area contributed by atoms with Crippen LogP contribution in [0.15, 0.2) is 36.5 Å². The second-order valence-electron chi connectivity index (χ2n) is 3.39. The molecule has 0 aliphatic carbocycles. The summed E-state index contributed by atoms with van der Waals surface area (Å²) in [5.41, 5.74) is 14.8. The van der Waals surface area contributed by atoms with Crippen LogP contribution in [-0.4, -0.2) is 4.98 Å². The predicted molar refractivity (Wildman–Crippen MR) is 63.2 cm³/mol. The molecule has 4 N–H and O–H groups in total. The average molecular weight is 210 g/mol. The number of nitrogens with zero attached hydrogens (tertiary/aromatic N) is 2. The van der Waals surface area contributed by atoms with Gasteiger partial charge in [0.15, 0.2) is 0 Å². The Kier molecular flexibility index (Phi) is 2.44. The van der Waals surface area contributed by atoms with E-state index in [-0.39, 0.29) is 0 Å². The molecule has 1 aromatic carbocycles. The SMILES string of the molecule is N#Cc1cc(-c2cc(N)ccc2N)ccn1. The fourth-order valence-electron chi connectivity index (χ4n) is 1.48. The molecule has 1 heterocycles. The van der Waals surface area contributed by atoms with Crippen LogP contribution in [0.25, 0.3) is 11.1 Å². The van der Waals surface area contributed by atoms with Crippen molar-refractivity contribution in [2.75, 3.05) is 11.5 Å². The van der Waals surface area contributed by atoms with Gasteiger partial charge in [-0.2, -0.15) is 5.26 Å². The molecule has 16 heavy (non-hydrogen) atoms. The van der Waals surface area contributed by atoms with E-state index in [1.807, 2.05) is 6.07 Å². The van der Waals surface area contributed by atoms with Crippen molar-refractivity contribution >= 4 is 11.4 Å². The van der Waals surface area contributed by atoms with Gasteiger partial charge in [0.05, 0.1) is 0 Å². The van der Waals surface area contributed by atoms with Gasteiger partial charge >= 0.3 is 0 Å². The maximum Gasteiger partial charge on any atom is 0.141 e. The van der Waals surface area contributed by atoms with Crippen LogP contribution in [0.4, 0.5) is 11.4 Å². The molecule has 4 heteroatoms. The summed E-state index contributed by atoms with van der Waals surface area (Å²) in [6, 6.07) is 10.7. The lowest BCUT2D eigenvalue weighted by Crippen LogP contribution is -1.93. The second kappa shape index (κ2) is 3.91. The largest absolute Gasteiger partial charge is 0.399 e. The van der Waals surface area contributed by atoms with Crippen molar-refractivity contribution in [3.05, 3.63) is 42.2 Å². The second-order valence-corrected chi connectivity index (χ2v) is 3.39. The summed E-state index contributed by atoms with van der Waals surface area (Å²) in [6.45, 7) is 0. The van der Waals surface area contributed by atoms with Gasteiger partial charge in [0, 0.05) is 23.1 Å². The molecular weight excluding hydrogens is 200 g/mol. The number of nitriles is 1. The van der Waals surface area contributed by atoms with Gasteiger partial charge in [-0.15, -0.1) is 0 Å². The van der Waals surface area contributed by atoms with E-state index in [2.05, 4.69) is 4.98 Å². The molecule has 78 valence electrons. The Morgan fingerprint density at radius 1 is 1.12 bits per heavy atom. The molecule has 0 aliphatic rings. The zero-order valence-corrected chi connectivity index (χ0v) is 8.51. The molecule has 2 aromatic rings. The molecule has 1 aromatic heterocycles.